The highest BCUT2D eigenvalue weighted by Crippen LogP contribution is 2.28. The second-order valence-corrected chi connectivity index (χ2v) is 5.61. The quantitative estimate of drug-likeness (QED) is 0.680. The molecule has 3 rings (SSSR count). The summed E-state index contributed by atoms with van der Waals surface area (Å²) >= 11 is 0. The van der Waals surface area contributed by atoms with Gasteiger partial charge in [-0.3, -0.25) is 4.79 Å². The molecule has 0 saturated carbocycles. The number of rotatable bonds is 6. The van der Waals surface area contributed by atoms with Crippen LogP contribution in [-0.2, 0) is 16.1 Å². The molecule has 3 aromatic rings. The largest absolute Gasteiger partial charge is 0.468 e. The van der Waals surface area contributed by atoms with Crippen LogP contribution in [0.1, 0.15) is 24.9 Å². The highest BCUT2D eigenvalue weighted by Gasteiger charge is 2.18. The van der Waals surface area contributed by atoms with Gasteiger partial charge in [-0.05, 0) is 24.6 Å². The van der Waals surface area contributed by atoms with E-state index >= 15 is 0 Å². The Morgan fingerprint density at radius 3 is 2.88 bits per heavy atom. The molecule has 0 aliphatic carbocycles. The van der Waals surface area contributed by atoms with Gasteiger partial charge < -0.3 is 10.1 Å². The Hall–Kier alpha value is -3.10. The molecule has 136 valence electrons. The number of benzene rings is 1. The summed E-state index contributed by atoms with van der Waals surface area (Å²) in [5.74, 6) is -1.06. The van der Waals surface area contributed by atoms with Crippen molar-refractivity contribution in [3.8, 4) is 0 Å². The summed E-state index contributed by atoms with van der Waals surface area (Å²) in [6, 6.07) is 2.84. The molecule has 0 radical (unpaired) electrons. The van der Waals surface area contributed by atoms with Crippen LogP contribution in [0, 0.1) is 11.6 Å². The molecule has 1 aromatic carbocycles. The van der Waals surface area contributed by atoms with Crippen molar-refractivity contribution in [2.45, 2.75) is 25.9 Å². The first kappa shape index (κ1) is 17.7. The van der Waals surface area contributed by atoms with Crippen LogP contribution >= 0.6 is 0 Å². The van der Waals surface area contributed by atoms with Gasteiger partial charge in [-0.25, -0.2) is 23.4 Å². The zero-order valence-corrected chi connectivity index (χ0v) is 14.2. The minimum absolute atomic E-state index is 0.0911. The molecular formula is C17H17F2N5O2. The van der Waals surface area contributed by atoms with Crippen molar-refractivity contribution in [3.63, 3.8) is 0 Å². The Morgan fingerprint density at radius 1 is 1.35 bits per heavy atom. The summed E-state index contributed by atoms with van der Waals surface area (Å²) in [5, 5.41) is 7.79. The van der Waals surface area contributed by atoms with Gasteiger partial charge in [0.05, 0.1) is 24.7 Å². The van der Waals surface area contributed by atoms with Crippen LogP contribution in [0.3, 0.4) is 0 Å². The van der Waals surface area contributed by atoms with Crippen LogP contribution in [0.25, 0.3) is 11.0 Å². The molecule has 0 fully saturated rings. The molecule has 1 atom stereocenters. The second kappa shape index (κ2) is 7.42. The third kappa shape index (κ3) is 3.46. The fraction of sp³-hybridized carbons (Fsp3) is 0.294. The van der Waals surface area contributed by atoms with E-state index in [4.69, 9.17) is 0 Å². The van der Waals surface area contributed by atoms with Crippen molar-refractivity contribution in [1.29, 1.82) is 0 Å². The number of methoxy groups -OCH3 is 1. The van der Waals surface area contributed by atoms with Gasteiger partial charge in [-0.2, -0.15) is 5.10 Å². The molecule has 1 N–H and O–H groups in total. The van der Waals surface area contributed by atoms with Crippen molar-refractivity contribution in [1.82, 2.24) is 19.7 Å². The molecule has 9 heteroatoms. The second-order valence-electron chi connectivity index (χ2n) is 5.61. The lowest BCUT2D eigenvalue weighted by atomic mass is 10.0. The third-order valence-corrected chi connectivity index (χ3v) is 3.99. The first-order valence-electron chi connectivity index (χ1n) is 7.98. The highest BCUT2D eigenvalue weighted by atomic mass is 19.1. The van der Waals surface area contributed by atoms with Crippen molar-refractivity contribution in [3.05, 3.63) is 47.9 Å². The van der Waals surface area contributed by atoms with Gasteiger partial charge in [0.25, 0.3) is 0 Å². The topological polar surface area (TPSA) is 81.9 Å². The molecule has 26 heavy (non-hydrogen) atoms. The summed E-state index contributed by atoms with van der Waals surface area (Å²) in [6.45, 7) is 1.76. The molecular weight excluding hydrogens is 344 g/mol. The van der Waals surface area contributed by atoms with E-state index in [0.29, 0.717) is 23.3 Å². The number of hydrogen-bond donors (Lipinski definition) is 1. The van der Waals surface area contributed by atoms with Gasteiger partial charge in [0, 0.05) is 5.56 Å². The SMILES string of the molecule is CCC(Nc1ncnc2c1cnn2CC(=O)OC)c1cc(F)ccc1F. The first-order chi connectivity index (χ1) is 12.5. The third-order valence-electron chi connectivity index (χ3n) is 3.99. The van der Waals surface area contributed by atoms with Crippen LogP contribution in [-0.4, -0.2) is 32.8 Å². The Bertz CT molecular complexity index is 944. The zero-order chi connectivity index (χ0) is 18.7. The van der Waals surface area contributed by atoms with E-state index in [0.717, 1.165) is 18.2 Å². The number of halogens is 2. The van der Waals surface area contributed by atoms with Gasteiger partial charge in [-0.1, -0.05) is 6.92 Å². The maximum atomic E-state index is 14.1. The van der Waals surface area contributed by atoms with Crippen LogP contribution < -0.4 is 5.32 Å². The number of carbonyl (C=O) groups excluding carboxylic acids is 1. The number of nitrogens with zero attached hydrogens (tertiary/aromatic N) is 4. The lowest BCUT2D eigenvalue weighted by Crippen LogP contribution is -2.14. The molecule has 0 amide bonds. The highest BCUT2D eigenvalue weighted by molar-refractivity contribution is 5.87. The van der Waals surface area contributed by atoms with E-state index in [2.05, 4.69) is 25.1 Å². The molecule has 0 spiro atoms. The predicted molar refractivity (Wildman–Crippen MR) is 90.4 cm³/mol. The van der Waals surface area contributed by atoms with Crippen LogP contribution in [0.15, 0.2) is 30.7 Å². The average Bonchev–Trinajstić information content (AvgIpc) is 3.05. The molecule has 1 unspecified atom stereocenters. The van der Waals surface area contributed by atoms with E-state index in [1.807, 2.05) is 6.92 Å². The summed E-state index contributed by atoms with van der Waals surface area (Å²) in [4.78, 5) is 19.8. The summed E-state index contributed by atoms with van der Waals surface area (Å²) < 4.78 is 33.6. The van der Waals surface area contributed by atoms with E-state index in [-0.39, 0.29) is 12.1 Å². The van der Waals surface area contributed by atoms with E-state index in [1.165, 1.54) is 24.3 Å². The molecule has 0 saturated heterocycles. The number of esters is 1. The fourth-order valence-corrected chi connectivity index (χ4v) is 2.66. The first-order valence-corrected chi connectivity index (χ1v) is 7.98. The molecule has 2 aromatic heterocycles. The van der Waals surface area contributed by atoms with Gasteiger partial charge in [0.1, 0.15) is 30.3 Å². The van der Waals surface area contributed by atoms with Crippen LogP contribution in [0.5, 0.6) is 0 Å². The number of nitrogens with one attached hydrogen (secondary N) is 1. The molecule has 0 bridgehead atoms. The number of fused-ring (bicyclic) bond motifs is 1. The number of ether oxygens (including phenoxy) is 1. The van der Waals surface area contributed by atoms with Gasteiger partial charge in [0.2, 0.25) is 0 Å². The molecule has 0 aliphatic heterocycles. The monoisotopic (exact) mass is 361 g/mol. The Morgan fingerprint density at radius 2 is 2.15 bits per heavy atom. The standard InChI is InChI=1S/C17H17F2N5O2/c1-3-14(11-6-10(18)4-5-13(11)19)23-16-12-7-22-24(8-15(25)26-2)17(12)21-9-20-16/h4-7,9,14H,3,8H2,1-2H3,(H,20,21,23). The molecule has 0 aliphatic rings. The van der Waals surface area contributed by atoms with Crippen molar-refractivity contribution in [2.24, 2.45) is 0 Å². The van der Waals surface area contributed by atoms with Crippen LogP contribution in [0.2, 0.25) is 0 Å². The van der Waals surface area contributed by atoms with Crippen LogP contribution in [0.4, 0.5) is 14.6 Å². The average molecular weight is 361 g/mol. The fourth-order valence-electron chi connectivity index (χ4n) is 2.66. The lowest BCUT2D eigenvalue weighted by molar-refractivity contribution is -0.141. The minimum Gasteiger partial charge on any atom is -0.468 e. The van der Waals surface area contributed by atoms with E-state index in [1.54, 1.807) is 0 Å². The van der Waals surface area contributed by atoms with Crippen molar-refractivity contribution < 1.29 is 18.3 Å². The molecule has 7 nitrogen and oxygen atoms in total. The maximum Gasteiger partial charge on any atom is 0.327 e. The maximum absolute atomic E-state index is 14.1. The summed E-state index contributed by atoms with van der Waals surface area (Å²) in [7, 11) is 1.29. The van der Waals surface area contributed by atoms with Gasteiger partial charge in [-0.15, -0.1) is 0 Å². The lowest BCUT2D eigenvalue weighted by Gasteiger charge is -2.19. The zero-order valence-electron chi connectivity index (χ0n) is 14.2. The Kier molecular flexibility index (Phi) is 5.06. The summed E-state index contributed by atoms with van der Waals surface area (Å²) in [6.07, 6.45) is 3.33. The van der Waals surface area contributed by atoms with E-state index < -0.39 is 23.6 Å². The number of aromatic nitrogens is 4. The Labute approximate surface area is 148 Å². The van der Waals surface area contributed by atoms with Crippen molar-refractivity contribution >= 4 is 22.8 Å². The van der Waals surface area contributed by atoms with Gasteiger partial charge >= 0.3 is 5.97 Å². The smallest absolute Gasteiger partial charge is 0.327 e. The summed E-state index contributed by atoms with van der Waals surface area (Å²) in [5.41, 5.74) is 0.642. The minimum atomic E-state index is -0.514. The molecule has 2 heterocycles. The van der Waals surface area contributed by atoms with Crippen molar-refractivity contribution in [2.75, 3.05) is 12.4 Å². The number of anilines is 1. The Balaban J connectivity index is 1.95. The predicted octanol–water partition coefficient (Wildman–Crippen LogP) is 2.84. The number of carbonyl (C=O) groups is 1. The number of hydrogen-bond acceptors (Lipinski definition) is 6. The normalized spacial score (nSPS) is 12.2. The van der Waals surface area contributed by atoms with Gasteiger partial charge in [0.15, 0.2) is 5.65 Å². The van der Waals surface area contributed by atoms with E-state index in [9.17, 15) is 13.6 Å².